The maximum absolute atomic E-state index is 12.8. The first-order valence-corrected chi connectivity index (χ1v) is 5.65. The molecular weight excluding hydrogens is 229 g/mol. The first-order valence-electron chi connectivity index (χ1n) is 5.65. The predicted molar refractivity (Wildman–Crippen MR) is 60.8 cm³/mol. The van der Waals surface area contributed by atoms with E-state index < -0.39 is 11.8 Å². The van der Waals surface area contributed by atoms with Crippen LogP contribution in [0, 0.1) is 0 Å². The van der Waals surface area contributed by atoms with Crippen LogP contribution in [0.1, 0.15) is 37.5 Å². The normalized spacial score (nSPS) is 15.7. The van der Waals surface area contributed by atoms with Gasteiger partial charge in [-0.1, -0.05) is 32.0 Å². The van der Waals surface area contributed by atoms with Crippen molar-refractivity contribution in [1.82, 2.24) is 0 Å². The van der Waals surface area contributed by atoms with Crippen molar-refractivity contribution in [3.05, 3.63) is 34.9 Å². The molecule has 96 valence electrons. The molecule has 0 heterocycles. The third kappa shape index (κ3) is 2.63. The highest BCUT2D eigenvalue weighted by atomic mass is 19.4. The van der Waals surface area contributed by atoms with Crippen molar-refractivity contribution in [2.45, 2.75) is 45.4 Å². The van der Waals surface area contributed by atoms with Crippen LogP contribution in [0.25, 0.3) is 0 Å². The Kier molecular flexibility index (Phi) is 3.87. The average molecular weight is 246 g/mol. The second kappa shape index (κ2) is 4.69. The Labute approximate surface area is 99.3 Å². The van der Waals surface area contributed by atoms with Crippen molar-refractivity contribution < 1.29 is 18.3 Å². The highest BCUT2D eigenvalue weighted by molar-refractivity contribution is 5.37. The van der Waals surface area contributed by atoms with Gasteiger partial charge in [-0.15, -0.1) is 0 Å². The number of aliphatic hydroxyl groups is 1. The Hall–Kier alpha value is -1.03. The monoisotopic (exact) mass is 246 g/mol. The number of halogens is 3. The second-order valence-electron chi connectivity index (χ2n) is 4.27. The zero-order chi connectivity index (χ0) is 13.3. The molecule has 0 aliphatic heterocycles. The van der Waals surface area contributed by atoms with Gasteiger partial charge in [0.1, 0.15) is 0 Å². The van der Waals surface area contributed by atoms with Crippen molar-refractivity contribution >= 4 is 0 Å². The minimum absolute atomic E-state index is 0.0353. The van der Waals surface area contributed by atoms with Crippen LogP contribution >= 0.6 is 0 Å². The summed E-state index contributed by atoms with van der Waals surface area (Å²) in [6.07, 6.45) is -3.56. The fourth-order valence-corrected chi connectivity index (χ4v) is 1.76. The summed E-state index contributed by atoms with van der Waals surface area (Å²) in [5.41, 5.74) is -1.50. The summed E-state index contributed by atoms with van der Waals surface area (Å²) in [6, 6.07) is 4.91. The van der Waals surface area contributed by atoms with Crippen molar-refractivity contribution in [2.24, 2.45) is 0 Å². The smallest absolute Gasteiger partial charge is 0.376 e. The maximum Gasteiger partial charge on any atom is 0.421 e. The van der Waals surface area contributed by atoms with E-state index >= 15 is 0 Å². The molecule has 0 bridgehead atoms. The summed E-state index contributed by atoms with van der Waals surface area (Å²) >= 11 is 0. The molecule has 4 heteroatoms. The Bertz CT molecular complexity index is 394. The Morgan fingerprint density at radius 1 is 1.12 bits per heavy atom. The van der Waals surface area contributed by atoms with Gasteiger partial charge in [0.25, 0.3) is 0 Å². The van der Waals surface area contributed by atoms with Gasteiger partial charge in [-0.3, -0.25) is 0 Å². The lowest BCUT2D eigenvalue weighted by atomic mass is 9.88. The van der Waals surface area contributed by atoms with Gasteiger partial charge < -0.3 is 5.11 Å². The molecule has 1 aromatic carbocycles. The van der Waals surface area contributed by atoms with Crippen LogP contribution in [-0.4, -0.2) is 11.3 Å². The fraction of sp³-hybridized carbons (Fsp3) is 0.538. The number of alkyl halides is 3. The minimum Gasteiger partial charge on any atom is -0.376 e. The molecule has 0 aliphatic rings. The molecule has 0 saturated carbocycles. The molecule has 1 rings (SSSR count). The lowest BCUT2D eigenvalue weighted by Gasteiger charge is -2.29. The highest BCUT2D eigenvalue weighted by Crippen LogP contribution is 2.40. The first kappa shape index (κ1) is 14.0. The lowest BCUT2D eigenvalue weighted by Crippen LogP contribution is -2.40. The molecule has 0 amide bonds. The van der Waals surface area contributed by atoms with Crippen LogP contribution in [0.5, 0.6) is 0 Å². The molecule has 0 aromatic heterocycles. The van der Waals surface area contributed by atoms with Crippen molar-refractivity contribution in [3.63, 3.8) is 0 Å². The number of hydrogen-bond acceptors (Lipinski definition) is 1. The van der Waals surface area contributed by atoms with Crippen LogP contribution in [-0.2, 0) is 18.4 Å². The van der Waals surface area contributed by atoms with E-state index in [1.807, 2.05) is 6.92 Å². The van der Waals surface area contributed by atoms with E-state index in [1.54, 1.807) is 19.1 Å². The van der Waals surface area contributed by atoms with Gasteiger partial charge in [-0.2, -0.15) is 13.2 Å². The van der Waals surface area contributed by atoms with Crippen LogP contribution in [0.2, 0.25) is 0 Å². The van der Waals surface area contributed by atoms with E-state index in [9.17, 15) is 18.3 Å². The number of rotatable bonds is 3. The summed E-state index contributed by atoms with van der Waals surface area (Å²) in [5, 5.41) is 9.73. The molecule has 1 unspecified atom stereocenters. The highest BCUT2D eigenvalue weighted by Gasteiger charge is 2.51. The quantitative estimate of drug-likeness (QED) is 0.864. The van der Waals surface area contributed by atoms with Crippen molar-refractivity contribution in [2.75, 3.05) is 0 Å². The summed E-state index contributed by atoms with van der Waals surface area (Å²) in [6.45, 7) is 4.45. The third-order valence-electron chi connectivity index (χ3n) is 3.04. The van der Waals surface area contributed by atoms with Crippen LogP contribution in [0.3, 0.4) is 0 Å². The number of aryl methyl sites for hydroxylation is 2. The largest absolute Gasteiger partial charge is 0.421 e. The molecule has 1 atom stereocenters. The SMILES string of the molecule is CCc1ccc(CC)c(C(C)(O)C(F)(F)F)c1. The number of benzene rings is 1. The van der Waals surface area contributed by atoms with Gasteiger partial charge in [-0.25, -0.2) is 0 Å². The lowest BCUT2D eigenvalue weighted by molar-refractivity contribution is -0.259. The van der Waals surface area contributed by atoms with Gasteiger partial charge in [0.15, 0.2) is 5.60 Å². The van der Waals surface area contributed by atoms with Gasteiger partial charge >= 0.3 is 6.18 Å². The molecule has 0 fully saturated rings. The van der Waals surface area contributed by atoms with Crippen LogP contribution in [0.15, 0.2) is 18.2 Å². The Balaban J connectivity index is 3.37. The van der Waals surface area contributed by atoms with Crippen molar-refractivity contribution in [3.8, 4) is 0 Å². The molecule has 0 radical (unpaired) electrons. The molecule has 0 saturated heterocycles. The Morgan fingerprint density at radius 2 is 1.71 bits per heavy atom. The van der Waals surface area contributed by atoms with Crippen LogP contribution in [0.4, 0.5) is 13.2 Å². The second-order valence-corrected chi connectivity index (χ2v) is 4.27. The molecule has 0 spiro atoms. The Morgan fingerprint density at radius 3 is 2.12 bits per heavy atom. The zero-order valence-corrected chi connectivity index (χ0v) is 10.2. The molecule has 17 heavy (non-hydrogen) atoms. The maximum atomic E-state index is 12.8. The molecule has 1 nitrogen and oxygen atoms in total. The van der Waals surface area contributed by atoms with Gasteiger partial charge in [-0.05, 0) is 36.5 Å². The standard InChI is InChI=1S/C13H17F3O/c1-4-9-6-7-10(5-2)11(8-9)12(3,17)13(14,15)16/h6-8,17H,4-5H2,1-3H3. The van der Waals surface area contributed by atoms with Crippen molar-refractivity contribution in [1.29, 1.82) is 0 Å². The molecular formula is C13H17F3O. The summed E-state index contributed by atoms with van der Waals surface area (Å²) < 4.78 is 38.5. The van der Waals surface area contributed by atoms with E-state index in [4.69, 9.17) is 0 Å². The molecule has 1 N–H and O–H groups in total. The predicted octanol–water partition coefficient (Wildman–Crippen LogP) is 3.58. The fourth-order valence-electron chi connectivity index (χ4n) is 1.76. The molecule has 0 aliphatic carbocycles. The van der Waals surface area contributed by atoms with Gasteiger partial charge in [0.2, 0.25) is 0 Å². The van der Waals surface area contributed by atoms with E-state index in [0.717, 1.165) is 12.5 Å². The summed E-state index contributed by atoms with van der Waals surface area (Å²) in [7, 11) is 0. The first-order chi connectivity index (χ1) is 7.74. The van der Waals surface area contributed by atoms with E-state index in [0.29, 0.717) is 18.4 Å². The summed E-state index contributed by atoms with van der Waals surface area (Å²) in [4.78, 5) is 0. The van der Waals surface area contributed by atoms with Crippen LogP contribution < -0.4 is 0 Å². The third-order valence-corrected chi connectivity index (χ3v) is 3.04. The van der Waals surface area contributed by atoms with Gasteiger partial charge in [0.05, 0.1) is 0 Å². The minimum atomic E-state index is -4.66. The topological polar surface area (TPSA) is 20.2 Å². The van der Waals surface area contributed by atoms with E-state index in [2.05, 4.69) is 0 Å². The van der Waals surface area contributed by atoms with E-state index in [1.165, 1.54) is 6.07 Å². The zero-order valence-electron chi connectivity index (χ0n) is 10.2. The summed E-state index contributed by atoms with van der Waals surface area (Å²) in [5.74, 6) is 0. The van der Waals surface area contributed by atoms with E-state index in [-0.39, 0.29) is 5.56 Å². The average Bonchev–Trinajstić information content (AvgIpc) is 2.26. The van der Waals surface area contributed by atoms with Gasteiger partial charge in [0, 0.05) is 0 Å². The number of hydrogen-bond donors (Lipinski definition) is 1. The molecule has 1 aromatic rings.